The summed E-state index contributed by atoms with van der Waals surface area (Å²) < 4.78 is 21.1. The van der Waals surface area contributed by atoms with Crippen molar-refractivity contribution in [1.82, 2.24) is 25.5 Å². The van der Waals surface area contributed by atoms with E-state index >= 15 is 4.39 Å². The van der Waals surface area contributed by atoms with Gasteiger partial charge in [-0.15, -0.1) is 0 Å². The number of nitrogens with one attached hydrogen (secondary N) is 2. The second kappa shape index (κ2) is 10.5. The first kappa shape index (κ1) is 24.6. The number of hydrogen-bond donors (Lipinski definition) is 3. The molecule has 36 heavy (non-hydrogen) atoms. The number of fused-ring (bicyclic) bond motifs is 1. The van der Waals surface area contributed by atoms with E-state index in [1.165, 1.54) is 24.7 Å². The van der Waals surface area contributed by atoms with Gasteiger partial charge in [0.25, 0.3) is 0 Å². The average molecular weight is 528 g/mol. The summed E-state index contributed by atoms with van der Waals surface area (Å²) in [7, 11) is 0. The highest BCUT2D eigenvalue weighted by Gasteiger charge is 2.26. The van der Waals surface area contributed by atoms with Crippen LogP contribution < -0.4 is 10.1 Å². The van der Waals surface area contributed by atoms with Crippen molar-refractivity contribution >= 4 is 46.0 Å². The van der Waals surface area contributed by atoms with Crippen LogP contribution in [0.15, 0.2) is 48.9 Å². The number of rotatable bonds is 8. The summed E-state index contributed by atoms with van der Waals surface area (Å²) in [5, 5.41) is 21.4. The Labute approximate surface area is 217 Å². The summed E-state index contributed by atoms with van der Waals surface area (Å²) in [5.41, 5.74) is 3.00. The van der Waals surface area contributed by atoms with Crippen LogP contribution >= 0.6 is 23.2 Å². The SMILES string of the molecule is C[C@@H](Oc1ccc2n[nH]c(/C=C(\F)c3ccc(CNC4CC(O)C4)nc3)c2c1)c1c(Cl)cncc1Cl. The number of aromatic amines is 1. The lowest BCUT2D eigenvalue weighted by atomic mass is 9.89. The third-order valence-electron chi connectivity index (χ3n) is 6.22. The second-order valence-electron chi connectivity index (χ2n) is 8.83. The van der Waals surface area contributed by atoms with Gasteiger partial charge in [-0.3, -0.25) is 15.1 Å². The molecule has 1 aliphatic carbocycles. The first-order valence-corrected chi connectivity index (χ1v) is 12.3. The molecule has 1 aromatic carbocycles. The van der Waals surface area contributed by atoms with Gasteiger partial charge in [0.05, 0.1) is 33.1 Å². The van der Waals surface area contributed by atoms with E-state index in [9.17, 15) is 5.11 Å². The molecular weight excluding hydrogens is 504 g/mol. The Balaban J connectivity index is 1.31. The number of ether oxygens (including phenoxy) is 1. The quantitative estimate of drug-likeness (QED) is 0.264. The lowest BCUT2D eigenvalue weighted by Crippen LogP contribution is -2.43. The van der Waals surface area contributed by atoms with Crippen molar-refractivity contribution in [3.05, 3.63) is 81.5 Å². The molecule has 0 spiro atoms. The summed E-state index contributed by atoms with van der Waals surface area (Å²) in [6.07, 6.45) is 6.81. The maximum absolute atomic E-state index is 15.1. The molecule has 10 heteroatoms. The Hall–Kier alpha value is -3.04. The lowest BCUT2D eigenvalue weighted by molar-refractivity contribution is 0.0618. The molecular formula is C26H24Cl2FN5O2. The van der Waals surface area contributed by atoms with Crippen molar-refractivity contribution in [1.29, 1.82) is 0 Å². The van der Waals surface area contributed by atoms with E-state index in [1.807, 2.05) is 6.92 Å². The van der Waals surface area contributed by atoms with E-state index < -0.39 is 11.9 Å². The van der Waals surface area contributed by atoms with Crippen LogP contribution in [0.3, 0.4) is 0 Å². The predicted molar refractivity (Wildman–Crippen MR) is 138 cm³/mol. The molecule has 3 N–H and O–H groups in total. The molecule has 3 aromatic heterocycles. The molecule has 0 radical (unpaired) electrons. The molecule has 1 saturated carbocycles. The van der Waals surface area contributed by atoms with Gasteiger partial charge in [-0.05, 0) is 50.1 Å². The molecule has 3 heterocycles. The van der Waals surface area contributed by atoms with E-state index in [0.717, 1.165) is 18.5 Å². The number of H-pyrrole nitrogens is 1. The lowest BCUT2D eigenvalue weighted by Gasteiger charge is -2.32. The molecule has 5 rings (SSSR count). The van der Waals surface area contributed by atoms with Gasteiger partial charge in [0, 0.05) is 53.8 Å². The standard InChI is InChI=1S/C26H24Cl2FN5O2/c1-14(26-21(27)12-30-13-22(26)28)36-19-4-5-24-20(8-19)25(34-33-24)9-23(29)15-2-3-16(31-10-15)11-32-17-6-18(35)7-17/h2-5,8-10,12-14,17-18,32,35H,6-7,11H2,1H3,(H,33,34)/b23-9-/t14-,17?,18?/m1/s1. The number of aliphatic hydroxyl groups excluding tert-OH is 1. The molecule has 0 aliphatic heterocycles. The fraction of sp³-hybridized carbons (Fsp3) is 0.269. The van der Waals surface area contributed by atoms with Crippen LogP contribution in [0.4, 0.5) is 4.39 Å². The first-order chi connectivity index (χ1) is 17.4. The third kappa shape index (κ3) is 5.37. The van der Waals surface area contributed by atoms with E-state index in [2.05, 4.69) is 25.5 Å². The minimum atomic E-state index is -0.440. The Morgan fingerprint density at radius 3 is 2.69 bits per heavy atom. The molecule has 0 unspecified atom stereocenters. The highest BCUT2D eigenvalue weighted by Crippen LogP contribution is 2.34. The number of aromatic nitrogens is 4. The molecule has 0 amide bonds. The van der Waals surface area contributed by atoms with Gasteiger partial charge >= 0.3 is 0 Å². The number of aliphatic hydroxyl groups is 1. The Kier molecular flexibility index (Phi) is 7.20. The average Bonchev–Trinajstić information content (AvgIpc) is 3.23. The predicted octanol–water partition coefficient (Wildman–Crippen LogP) is 5.88. The van der Waals surface area contributed by atoms with Gasteiger partial charge in [0.2, 0.25) is 0 Å². The van der Waals surface area contributed by atoms with E-state index in [-0.39, 0.29) is 6.10 Å². The second-order valence-corrected chi connectivity index (χ2v) is 9.64. The zero-order chi connectivity index (χ0) is 25.2. The van der Waals surface area contributed by atoms with Crippen molar-refractivity contribution in [3.63, 3.8) is 0 Å². The molecule has 1 aliphatic rings. The smallest absolute Gasteiger partial charge is 0.134 e. The van der Waals surface area contributed by atoms with Crippen molar-refractivity contribution in [2.24, 2.45) is 0 Å². The highest BCUT2D eigenvalue weighted by molar-refractivity contribution is 6.35. The fourth-order valence-electron chi connectivity index (χ4n) is 4.15. The van der Waals surface area contributed by atoms with Gasteiger partial charge < -0.3 is 15.2 Å². The Morgan fingerprint density at radius 2 is 2.00 bits per heavy atom. The molecule has 0 saturated heterocycles. The fourth-order valence-corrected chi connectivity index (χ4v) is 4.82. The van der Waals surface area contributed by atoms with Crippen LogP contribution in [0.2, 0.25) is 10.0 Å². The summed E-state index contributed by atoms with van der Waals surface area (Å²) in [5.74, 6) is 0.123. The maximum Gasteiger partial charge on any atom is 0.134 e. The molecule has 186 valence electrons. The molecule has 1 atom stereocenters. The number of halogens is 3. The van der Waals surface area contributed by atoms with Gasteiger partial charge in [0.1, 0.15) is 17.7 Å². The Morgan fingerprint density at radius 1 is 1.22 bits per heavy atom. The largest absolute Gasteiger partial charge is 0.486 e. The van der Waals surface area contributed by atoms with Crippen molar-refractivity contribution in [3.8, 4) is 5.75 Å². The first-order valence-electron chi connectivity index (χ1n) is 11.5. The highest BCUT2D eigenvalue weighted by atomic mass is 35.5. The van der Waals surface area contributed by atoms with E-state index in [4.69, 9.17) is 27.9 Å². The van der Waals surface area contributed by atoms with Gasteiger partial charge in [0.15, 0.2) is 0 Å². The molecule has 0 bridgehead atoms. The van der Waals surface area contributed by atoms with Crippen LogP contribution in [0, 0.1) is 0 Å². The van der Waals surface area contributed by atoms with Crippen LogP contribution in [-0.2, 0) is 6.54 Å². The monoisotopic (exact) mass is 527 g/mol. The third-order valence-corrected chi connectivity index (χ3v) is 6.82. The van der Waals surface area contributed by atoms with Crippen LogP contribution in [0.5, 0.6) is 5.75 Å². The van der Waals surface area contributed by atoms with Crippen LogP contribution in [0.1, 0.15) is 48.4 Å². The minimum Gasteiger partial charge on any atom is -0.486 e. The number of hydrogen-bond acceptors (Lipinski definition) is 6. The summed E-state index contributed by atoms with van der Waals surface area (Å²) in [4.78, 5) is 8.32. The number of nitrogens with zero attached hydrogens (tertiary/aromatic N) is 3. The maximum atomic E-state index is 15.1. The van der Waals surface area contributed by atoms with Crippen LogP contribution in [-0.4, -0.2) is 37.4 Å². The van der Waals surface area contributed by atoms with E-state index in [1.54, 1.807) is 30.3 Å². The molecule has 7 nitrogen and oxygen atoms in total. The van der Waals surface area contributed by atoms with Crippen molar-refractivity contribution in [2.45, 2.75) is 44.6 Å². The van der Waals surface area contributed by atoms with E-state index in [0.29, 0.717) is 56.1 Å². The molecule has 1 fully saturated rings. The summed E-state index contributed by atoms with van der Waals surface area (Å²) >= 11 is 12.5. The van der Waals surface area contributed by atoms with Gasteiger partial charge in [-0.25, -0.2) is 4.39 Å². The Bertz CT molecular complexity index is 1380. The summed E-state index contributed by atoms with van der Waals surface area (Å²) in [6.45, 7) is 2.42. The zero-order valence-electron chi connectivity index (χ0n) is 19.4. The van der Waals surface area contributed by atoms with Gasteiger partial charge in [-0.2, -0.15) is 5.10 Å². The topological polar surface area (TPSA) is 96.0 Å². The summed E-state index contributed by atoms with van der Waals surface area (Å²) in [6, 6.07) is 9.17. The minimum absolute atomic E-state index is 0.208. The number of pyridine rings is 2. The normalized spacial score (nSPS) is 18.8. The van der Waals surface area contributed by atoms with Crippen molar-refractivity contribution in [2.75, 3.05) is 0 Å². The van der Waals surface area contributed by atoms with Crippen LogP contribution in [0.25, 0.3) is 22.8 Å². The van der Waals surface area contributed by atoms with Gasteiger partial charge in [-0.1, -0.05) is 23.2 Å². The zero-order valence-corrected chi connectivity index (χ0v) is 20.9. The molecule has 4 aromatic rings. The number of benzene rings is 1. The van der Waals surface area contributed by atoms with Crippen molar-refractivity contribution < 1.29 is 14.2 Å².